The van der Waals surface area contributed by atoms with Gasteiger partial charge in [-0.25, -0.2) is 0 Å². The zero-order chi connectivity index (χ0) is 13.9. The third-order valence-corrected chi connectivity index (χ3v) is 6.04. The van der Waals surface area contributed by atoms with Gasteiger partial charge in [0.05, 0.1) is 0 Å². The van der Waals surface area contributed by atoms with Crippen LogP contribution < -0.4 is 5.32 Å². The molecule has 0 amide bonds. The largest absolute Gasteiger partial charge is 0.312 e. The van der Waals surface area contributed by atoms with Gasteiger partial charge in [-0.3, -0.25) is 0 Å². The lowest BCUT2D eigenvalue weighted by Gasteiger charge is -2.29. The van der Waals surface area contributed by atoms with Crippen LogP contribution in [0.25, 0.3) is 0 Å². The van der Waals surface area contributed by atoms with Gasteiger partial charge in [0.1, 0.15) is 0 Å². The first-order valence-corrected chi connectivity index (χ1v) is 9.12. The summed E-state index contributed by atoms with van der Waals surface area (Å²) < 4.78 is 1.32. The van der Waals surface area contributed by atoms with Gasteiger partial charge in [-0.05, 0) is 79.4 Å². The molecule has 0 radical (unpaired) electrons. The van der Waals surface area contributed by atoms with Gasteiger partial charge in [0.15, 0.2) is 0 Å². The van der Waals surface area contributed by atoms with Crippen LogP contribution in [0.5, 0.6) is 0 Å². The fourth-order valence-electron chi connectivity index (χ4n) is 2.98. The first kappa shape index (κ1) is 15.5. The van der Waals surface area contributed by atoms with Crippen molar-refractivity contribution < 1.29 is 0 Å². The van der Waals surface area contributed by atoms with Gasteiger partial charge >= 0.3 is 0 Å². The molecule has 3 heteroatoms. The normalized spacial score (nSPS) is 25.3. The Hall–Kier alpha value is 0.140. The highest BCUT2D eigenvalue weighted by atomic mass is 79.9. The number of halogens is 1. The lowest BCUT2D eigenvalue weighted by Crippen LogP contribution is -2.40. The summed E-state index contributed by atoms with van der Waals surface area (Å²) in [4.78, 5) is 1.57. The van der Waals surface area contributed by atoms with Crippen LogP contribution in [0.1, 0.15) is 63.7 Å². The monoisotopic (exact) mass is 343 g/mol. The molecule has 1 heterocycles. The predicted octanol–water partition coefficient (Wildman–Crippen LogP) is 5.56. The van der Waals surface area contributed by atoms with Crippen molar-refractivity contribution in [2.24, 2.45) is 5.92 Å². The molecule has 0 aromatic carbocycles. The Morgan fingerprint density at radius 3 is 2.63 bits per heavy atom. The third kappa shape index (κ3) is 4.57. The molecule has 0 spiro atoms. The van der Waals surface area contributed by atoms with Crippen LogP contribution in [-0.4, -0.2) is 12.1 Å². The van der Waals surface area contributed by atoms with Crippen LogP contribution in [0.4, 0.5) is 0 Å². The molecule has 1 fully saturated rings. The van der Waals surface area contributed by atoms with Crippen LogP contribution in [0, 0.1) is 5.92 Å². The Labute approximate surface area is 130 Å². The zero-order valence-electron chi connectivity index (χ0n) is 12.3. The molecular weight excluding hydrogens is 318 g/mol. The predicted molar refractivity (Wildman–Crippen MR) is 89.1 cm³/mol. The van der Waals surface area contributed by atoms with Crippen molar-refractivity contribution >= 4 is 27.3 Å². The van der Waals surface area contributed by atoms with E-state index in [2.05, 4.69) is 53.5 Å². The molecule has 1 N–H and O–H groups in total. The van der Waals surface area contributed by atoms with E-state index < -0.39 is 0 Å². The van der Waals surface area contributed by atoms with Crippen molar-refractivity contribution in [2.75, 3.05) is 6.54 Å². The summed E-state index contributed by atoms with van der Waals surface area (Å²) in [6.45, 7) is 7.94. The molecule has 1 aromatic heterocycles. The number of hydrogen-bond acceptors (Lipinski definition) is 2. The summed E-state index contributed by atoms with van der Waals surface area (Å²) in [5.74, 6) is 1.53. The number of nitrogens with one attached hydrogen (secondary N) is 1. The molecule has 2 rings (SSSR count). The van der Waals surface area contributed by atoms with Gasteiger partial charge in [-0.2, -0.15) is 0 Å². The highest BCUT2D eigenvalue weighted by molar-refractivity contribution is 9.10. The molecule has 1 aliphatic rings. The Balaban J connectivity index is 2.10. The maximum atomic E-state index is 3.74. The van der Waals surface area contributed by atoms with Crippen LogP contribution in [0.15, 0.2) is 15.9 Å². The highest BCUT2D eigenvalue weighted by Crippen LogP contribution is 2.42. The van der Waals surface area contributed by atoms with Crippen molar-refractivity contribution in [3.8, 4) is 0 Å². The standard InChI is InChI=1S/C16H26BrNS/c1-16(2,3)18-11-12-7-5-4-6-8-13(12)15-14(17)9-10-19-15/h9-10,12-13,18H,4-8,11H2,1-3H3. The summed E-state index contributed by atoms with van der Waals surface area (Å²) in [6, 6.07) is 2.21. The van der Waals surface area contributed by atoms with Crippen LogP contribution >= 0.6 is 27.3 Å². The SMILES string of the molecule is CC(C)(C)NCC1CCCCCC1c1sccc1Br. The van der Waals surface area contributed by atoms with E-state index in [4.69, 9.17) is 0 Å². The molecule has 1 aliphatic carbocycles. The van der Waals surface area contributed by atoms with E-state index in [0.717, 1.165) is 18.4 Å². The smallest absolute Gasteiger partial charge is 0.0317 e. The van der Waals surface area contributed by atoms with Crippen molar-refractivity contribution in [3.63, 3.8) is 0 Å². The zero-order valence-corrected chi connectivity index (χ0v) is 14.7. The Kier molecular flexibility index (Phi) is 5.50. The maximum absolute atomic E-state index is 3.74. The van der Waals surface area contributed by atoms with Crippen molar-refractivity contribution in [2.45, 2.75) is 64.3 Å². The molecule has 0 aliphatic heterocycles. The van der Waals surface area contributed by atoms with Crippen molar-refractivity contribution in [1.29, 1.82) is 0 Å². The summed E-state index contributed by atoms with van der Waals surface area (Å²) in [6.07, 6.45) is 6.93. The first-order chi connectivity index (χ1) is 8.97. The Morgan fingerprint density at radius 2 is 2.00 bits per heavy atom. The van der Waals surface area contributed by atoms with E-state index in [-0.39, 0.29) is 5.54 Å². The molecule has 2 unspecified atom stereocenters. The second-order valence-electron chi connectivity index (χ2n) is 6.77. The van der Waals surface area contributed by atoms with E-state index in [0.29, 0.717) is 0 Å². The average Bonchev–Trinajstić information content (AvgIpc) is 2.62. The van der Waals surface area contributed by atoms with E-state index in [9.17, 15) is 0 Å². The quantitative estimate of drug-likeness (QED) is 0.708. The van der Waals surface area contributed by atoms with E-state index in [1.165, 1.54) is 36.6 Å². The minimum Gasteiger partial charge on any atom is -0.312 e. The summed E-state index contributed by atoms with van der Waals surface area (Å²) in [7, 11) is 0. The highest BCUT2D eigenvalue weighted by Gasteiger charge is 2.28. The molecule has 1 nitrogen and oxygen atoms in total. The summed E-state index contributed by atoms with van der Waals surface area (Å²) in [5, 5.41) is 5.94. The minimum atomic E-state index is 0.226. The maximum Gasteiger partial charge on any atom is 0.0317 e. The Bertz CT molecular complexity index is 394. The molecule has 0 saturated heterocycles. The number of thiophene rings is 1. The summed E-state index contributed by atoms with van der Waals surface area (Å²) >= 11 is 5.66. The molecule has 108 valence electrons. The van der Waals surface area contributed by atoms with E-state index in [1.54, 1.807) is 4.88 Å². The molecule has 1 saturated carbocycles. The molecule has 2 atom stereocenters. The minimum absolute atomic E-state index is 0.226. The fourth-order valence-corrected chi connectivity index (χ4v) is 4.88. The molecular formula is C16H26BrNS. The topological polar surface area (TPSA) is 12.0 Å². The lowest BCUT2D eigenvalue weighted by atomic mass is 9.86. The second-order valence-corrected chi connectivity index (χ2v) is 8.57. The fraction of sp³-hybridized carbons (Fsp3) is 0.750. The molecule has 0 bridgehead atoms. The Morgan fingerprint density at radius 1 is 1.26 bits per heavy atom. The average molecular weight is 344 g/mol. The van der Waals surface area contributed by atoms with E-state index in [1.807, 2.05) is 11.3 Å². The van der Waals surface area contributed by atoms with Crippen molar-refractivity contribution in [1.82, 2.24) is 5.32 Å². The van der Waals surface area contributed by atoms with Crippen molar-refractivity contribution in [3.05, 3.63) is 20.8 Å². The van der Waals surface area contributed by atoms with Gasteiger partial charge in [0.2, 0.25) is 0 Å². The molecule has 19 heavy (non-hydrogen) atoms. The van der Waals surface area contributed by atoms with Crippen LogP contribution in [0.2, 0.25) is 0 Å². The number of rotatable bonds is 3. The van der Waals surface area contributed by atoms with Crippen LogP contribution in [-0.2, 0) is 0 Å². The van der Waals surface area contributed by atoms with Gasteiger partial charge < -0.3 is 5.32 Å². The van der Waals surface area contributed by atoms with E-state index >= 15 is 0 Å². The van der Waals surface area contributed by atoms with Gasteiger partial charge in [-0.15, -0.1) is 11.3 Å². The number of hydrogen-bond donors (Lipinski definition) is 1. The van der Waals surface area contributed by atoms with Crippen LogP contribution in [0.3, 0.4) is 0 Å². The van der Waals surface area contributed by atoms with Gasteiger partial charge in [-0.1, -0.05) is 19.3 Å². The second kappa shape index (κ2) is 6.73. The molecule has 1 aromatic rings. The van der Waals surface area contributed by atoms with Gasteiger partial charge in [0, 0.05) is 14.9 Å². The third-order valence-electron chi connectivity index (χ3n) is 4.04. The summed E-state index contributed by atoms with van der Waals surface area (Å²) in [5.41, 5.74) is 0.226. The lowest BCUT2D eigenvalue weighted by molar-refractivity contribution is 0.324. The first-order valence-electron chi connectivity index (χ1n) is 7.45. The van der Waals surface area contributed by atoms with Gasteiger partial charge in [0.25, 0.3) is 0 Å².